The first-order chi connectivity index (χ1) is 24.8. The summed E-state index contributed by atoms with van der Waals surface area (Å²) in [4.78, 5) is -0.641. The summed E-state index contributed by atoms with van der Waals surface area (Å²) in [5.41, 5.74) is 0.765. The van der Waals surface area contributed by atoms with E-state index in [9.17, 15) is 47.3 Å². The van der Waals surface area contributed by atoms with Crippen molar-refractivity contribution in [3.8, 4) is 5.69 Å². The summed E-state index contributed by atoms with van der Waals surface area (Å²) in [6, 6.07) is 20.5. The van der Waals surface area contributed by atoms with Crippen LogP contribution in [0.4, 0.5) is 17.1 Å². The summed E-state index contributed by atoms with van der Waals surface area (Å²) >= 11 is 0. The Labute approximate surface area is 301 Å². The van der Waals surface area contributed by atoms with Crippen molar-refractivity contribution in [3.63, 3.8) is 0 Å². The highest BCUT2D eigenvalue weighted by Crippen LogP contribution is 2.31. The van der Waals surface area contributed by atoms with Gasteiger partial charge in [0.2, 0.25) is 0 Å². The van der Waals surface area contributed by atoms with Gasteiger partial charge in [0.15, 0.2) is 0 Å². The number of hydrogen-bond acceptors (Lipinski definition) is 13. The normalized spacial score (nSPS) is 13.1. The van der Waals surface area contributed by atoms with E-state index in [1.165, 1.54) is 66.7 Å². The summed E-state index contributed by atoms with van der Waals surface area (Å²) in [5, 5.41) is 19.6. The van der Waals surface area contributed by atoms with Crippen LogP contribution >= 0.6 is 0 Å². The first-order valence-corrected chi connectivity index (χ1v) is 20.6. The Hall–Kier alpha value is -5.46. The van der Waals surface area contributed by atoms with E-state index in [-0.39, 0.29) is 44.6 Å². The number of nitrogens with zero attached hydrogens (tertiary/aromatic N) is 5. The Morgan fingerprint density at radius 3 is 1.75 bits per heavy atom. The maximum Gasteiger partial charge on any atom is 0.295 e. The van der Waals surface area contributed by atoms with Gasteiger partial charge in [0, 0.05) is 16.5 Å². The number of anilines is 1. The van der Waals surface area contributed by atoms with Crippen molar-refractivity contribution in [2.75, 3.05) is 11.2 Å². The fourth-order valence-corrected chi connectivity index (χ4v) is 7.59. The first-order valence-electron chi connectivity index (χ1n) is 14.6. The molecule has 5 aromatic carbocycles. The van der Waals surface area contributed by atoms with Gasteiger partial charge in [-0.15, -0.1) is 10.2 Å². The minimum absolute atomic E-state index is 0.00178. The predicted molar refractivity (Wildman–Crippen MR) is 192 cm³/mol. The maximum atomic E-state index is 12.5. The van der Waals surface area contributed by atoms with Crippen molar-refractivity contribution in [2.45, 2.75) is 14.7 Å². The largest absolute Gasteiger partial charge is 0.370 e. The van der Waals surface area contributed by atoms with Crippen LogP contribution in [0, 0.1) is 0 Å². The minimum Gasteiger partial charge on any atom is -0.370 e. The Morgan fingerprint density at radius 1 is 0.604 bits per heavy atom. The van der Waals surface area contributed by atoms with Gasteiger partial charge in [-0.2, -0.15) is 48.7 Å². The van der Waals surface area contributed by atoms with Crippen LogP contribution in [0.2, 0.25) is 0 Å². The molecule has 0 radical (unpaired) electrons. The molecule has 1 heterocycles. The third-order valence-electron chi connectivity index (χ3n) is 7.46. The monoisotopic (exact) mass is 800 g/mol. The molecular formula is C31H24N6O12S4. The van der Waals surface area contributed by atoms with Gasteiger partial charge in [-0.05, 0) is 65.7 Å². The zero-order valence-electron chi connectivity index (χ0n) is 26.4. The molecule has 0 atom stereocenters. The van der Waals surface area contributed by atoms with Crippen molar-refractivity contribution in [3.05, 3.63) is 102 Å². The molecule has 6 aromatic rings. The van der Waals surface area contributed by atoms with E-state index in [2.05, 4.69) is 25.7 Å². The fraction of sp³-hybridized carbons (Fsp3) is 0.0323. The Bertz CT molecular complexity index is 2950. The van der Waals surface area contributed by atoms with E-state index < -0.39 is 61.0 Å². The molecule has 0 unspecified atom stereocenters. The minimum atomic E-state index is -4.92. The summed E-state index contributed by atoms with van der Waals surface area (Å²) < 4.78 is 134. The molecule has 5 N–H and O–H groups in total. The lowest BCUT2D eigenvalue weighted by molar-refractivity contribution is 0.480. The van der Waals surface area contributed by atoms with E-state index >= 15 is 0 Å². The van der Waals surface area contributed by atoms with E-state index in [1.54, 1.807) is 18.2 Å². The average Bonchev–Trinajstić information content (AvgIpc) is 3.52. The highest BCUT2D eigenvalue weighted by molar-refractivity contribution is 7.86. The number of azo groups is 1. The lowest BCUT2D eigenvalue weighted by Gasteiger charge is -2.08. The molecule has 53 heavy (non-hydrogen) atoms. The number of aromatic nitrogens is 3. The van der Waals surface area contributed by atoms with Crippen molar-refractivity contribution in [1.29, 1.82) is 0 Å². The molecule has 0 aliphatic carbocycles. The quantitative estimate of drug-likeness (QED) is 0.0643. The summed E-state index contributed by atoms with van der Waals surface area (Å²) in [5.74, 6) is -0.710. The van der Waals surface area contributed by atoms with E-state index in [1.807, 2.05) is 0 Å². The van der Waals surface area contributed by atoms with Crippen LogP contribution in [0.25, 0.3) is 39.6 Å². The molecule has 18 nitrogen and oxygen atoms in total. The zero-order valence-corrected chi connectivity index (χ0v) is 29.7. The third kappa shape index (κ3) is 8.61. The number of nitrogens with one attached hydrogen (secondary N) is 1. The van der Waals surface area contributed by atoms with Gasteiger partial charge in [0.1, 0.15) is 31.6 Å². The van der Waals surface area contributed by atoms with Crippen LogP contribution in [0.5, 0.6) is 0 Å². The number of rotatable bonds is 11. The smallest absolute Gasteiger partial charge is 0.295 e. The highest BCUT2D eigenvalue weighted by atomic mass is 32.2. The van der Waals surface area contributed by atoms with Crippen molar-refractivity contribution < 1.29 is 51.9 Å². The molecule has 0 saturated carbocycles. The Kier molecular flexibility index (Phi) is 9.73. The summed E-state index contributed by atoms with van der Waals surface area (Å²) in [7, 11) is -18.7. The molecule has 6 rings (SSSR count). The van der Waals surface area contributed by atoms with Gasteiger partial charge in [-0.3, -0.25) is 18.2 Å². The molecule has 0 amide bonds. The Morgan fingerprint density at radius 2 is 1.15 bits per heavy atom. The molecule has 0 aliphatic heterocycles. The van der Waals surface area contributed by atoms with E-state index in [0.717, 1.165) is 23.0 Å². The van der Waals surface area contributed by atoms with E-state index in [4.69, 9.17) is 4.55 Å². The third-order valence-corrected chi connectivity index (χ3v) is 10.7. The van der Waals surface area contributed by atoms with Crippen molar-refractivity contribution in [2.24, 2.45) is 10.2 Å². The Balaban J connectivity index is 1.32. The summed E-state index contributed by atoms with van der Waals surface area (Å²) in [6.07, 6.45) is 2.35. The fourth-order valence-electron chi connectivity index (χ4n) is 5.11. The molecule has 0 saturated heterocycles. The van der Waals surface area contributed by atoms with Crippen LogP contribution < -0.4 is 5.32 Å². The number of benzene rings is 5. The van der Waals surface area contributed by atoms with Crippen LogP contribution in [-0.4, -0.2) is 72.8 Å². The molecule has 0 bridgehead atoms. The highest BCUT2D eigenvalue weighted by Gasteiger charge is 2.21. The van der Waals surface area contributed by atoms with Crippen molar-refractivity contribution in [1.82, 2.24) is 15.0 Å². The lowest BCUT2D eigenvalue weighted by Crippen LogP contribution is -2.12. The molecule has 274 valence electrons. The molecule has 0 aliphatic rings. The molecule has 0 fully saturated rings. The van der Waals surface area contributed by atoms with Gasteiger partial charge in [-0.25, -0.2) is 0 Å². The second kappa shape index (κ2) is 13.8. The zero-order chi connectivity index (χ0) is 38.3. The maximum absolute atomic E-state index is 12.5. The van der Waals surface area contributed by atoms with Gasteiger partial charge < -0.3 is 5.32 Å². The predicted octanol–water partition coefficient (Wildman–Crippen LogP) is 5.16. The topological polar surface area (TPSA) is 285 Å². The number of fused-ring (bicyclic) bond motifs is 3. The molecule has 22 heteroatoms. The average molecular weight is 801 g/mol. The molecule has 1 aromatic heterocycles. The summed E-state index contributed by atoms with van der Waals surface area (Å²) in [6.45, 7) is 0. The van der Waals surface area contributed by atoms with Crippen molar-refractivity contribution >= 4 is 91.5 Å². The van der Waals surface area contributed by atoms with Gasteiger partial charge in [-0.1, -0.05) is 48.6 Å². The standard InChI is InChI=1S/C31H24N6O12S4/c38-50(39,40)18-32-21-10-12-22(13-11-21)33-34-23-9-7-19(28(15-23)51(41,42)43)5-6-20-8-14-24(16-29(20)52(44,45)46)37-35-27-17-30(53(47,48)49)25-3-1-2-4-26(25)31(27)36-37/h1-17,32H,18H2,(H,38,39,40)(H,41,42,43)(H,44,45,46)(H,47,48,49). The first kappa shape index (κ1) is 37.3. The molecule has 0 spiro atoms. The van der Waals surface area contributed by atoms with Gasteiger partial charge in [0.05, 0.1) is 17.1 Å². The lowest BCUT2D eigenvalue weighted by atomic mass is 10.1. The van der Waals surface area contributed by atoms with E-state index in [0.29, 0.717) is 11.1 Å². The SMILES string of the molecule is O=S(=O)(O)CNc1ccc(N=Nc2ccc(C=Cc3ccc(-n4nc5cc(S(=O)(=O)O)c6ccccc6c5n4)cc3S(=O)(=O)O)c(S(=O)(=O)O)c2)cc1. The van der Waals surface area contributed by atoms with Crippen LogP contribution in [-0.2, 0) is 40.5 Å². The van der Waals surface area contributed by atoms with Crippen LogP contribution in [0.3, 0.4) is 0 Å². The second-order valence-electron chi connectivity index (χ2n) is 11.1. The number of hydrogen-bond donors (Lipinski definition) is 5. The van der Waals surface area contributed by atoms with Gasteiger partial charge in [0.25, 0.3) is 40.5 Å². The van der Waals surface area contributed by atoms with Crippen LogP contribution in [0.1, 0.15) is 11.1 Å². The second-order valence-corrected chi connectivity index (χ2v) is 16.8. The van der Waals surface area contributed by atoms with Gasteiger partial charge >= 0.3 is 0 Å². The van der Waals surface area contributed by atoms with Crippen LogP contribution in [0.15, 0.2) is 116 Å². The molecular weight excluding hydrogens is 777 g/mol.